The normalized spacial score (nSPS) is 32.1. The van der Waals surface area contributed by atoms with Crippen molar-refractivity contribution in [3.05, 3.63) is 30.1 Å². The number of carbonyl (C=O) groups excluding carboxylic acids is 2. The largest absolute Gasteiger partial charge is 0.350 e. The molecule has 4 bridgehead atoms. The lowest BCUT2D eigenvalue weighted by Crippen LogP contribution is -2.60. The summed E-state index contributed by atoms with van der Waals surface area (Å²) >= 11 is 0. The molecule has 1 aromatic rings. The number of anilines is 1. The summed E-state index contributed by atoms with van der Waals surface area (Å²) in [5.74, 6) is 0.727. The Morgan fingerprint density at radius 2 is 1.48 bits per heavy atom. The molecule has 7 heteroatoms. The van der Waals surface area contributed by atoms with Crippen LogP contribution in [0.2, 0.25) is 0 Å². The van der Waals surface area contributed by atoms with Gasteiger partial charge in [0.25, 0.3) is 0 Å². The number of nitrogens with one attached hydrogen (secondary N) is 2. The van der Waals surface area contributed by atoms with Crippen LogP contribution in [-0.2, 0) is 20.4 Å². The average molecular weight is 392 g/mol. The number of hydrogen-bond acceptors (Lipinski definition) is 3. The van der Waals surface area contributed by atoms with Crippen LogP contribution in [0.5, 0.6) is 0 Å². The molecule has 146 valence electrons. The summed E-state index contributed by atoms with van der Waals surface area (Å²) in [6.45, 7) is 0. The maximum absolute atomic E-state index is 12.9. The summed E-state index contributed by atoms with van der Waals surface area (Å²) in [7, 11) is -1.57. The van der Waals surface area contributed by atoms with Gasteiger partial charge < -0.3 is 10.6 Å². The molecule has 27 heavy (non-hydrogen) atoms. The summed E-state index contributed by atoms with van der Waals surface area (Å²) in [6, 6.07) is 5.36. The molecule has 2 N–H and O–H groups in total. The molecule has 0 aromatic heterocycles. The van der Waals surface area contributed by atoms with Crippen molar-refractivity contribution in [1.29, 1.82) is 0 Å². The maximum Gasteiger partial charge on any atom is 0.237 e. The summed E-state index contributed by atoms with van der Waals surface area (Å²) in [6.07, 6.45) is 7.02. The first-order valence-electron chi connectivity index (χ1n) is 9.60. The first kappa shape index (κ1) is 18.6. The molecule has 2 amide bonds. The molecule has 4 fully saturated rings. The monoisotopic (exact) mass is 392 g/mol. The molecule has 4 saturated carbocycles. The fourth-order valence-corrected chi connectivity index (χ4v) is 6.50. The van der Waals surface area contributed by atoms with Gasteiger partial charge in [0.05, 0.1) is 0 Å². The second kappa shape index (κ2) is 7.34. The molecular formula is C20H25FN2O3S. The van der Waals surface area contributed by atoms with E-state index in [-0.39, 0.29) is 23.0 Å². The minimum atomic E-state index is -1.57. The second-order valence-corrected chi connectivity index (χ2v) is 9.99. The van der Waals surface area contributed by atoms with Crippen molar-refractivity contribution in [2.45, 2.75) is 44.1 Å². The van der Waals surface area contributed by atoms with Crippen LogP contribution in [0.4, 0.5) is 10.1 Å². The molecule has 0 unspecified atom stereocenters. The molecule has 4 aliphatic rings. The van der Waals surface area contributed by atoms with Gasteiger partial charge in [-0.2, -0.15) is 0 Å². The van der Waals surface area contributed by atoms with Crippen LogP contribution in [0.25, 0.3) is 0 Å². The molecule has 0 heterocycles. The molecule has 0 radical (unpaired) electrons. The Bertz CT molecular complexity index is 730. The molecule has 1 aromatic carbocycles. The Kier molecular flexibility index (Phi) is 5.05. The van der Waals surface area contributed by atoms with Gasteiger partial charge in [-0.05, 0) is 80.5 Å². The van der Waals surface area contributed by atoms with Crippen LogP contribution in [-0.4, -0.2) is 33.1 Å². The summed E-state index contributed by atoms with van der Waals surface area (Å²) in [4.78, 5) is 24.4. The average Bonchev–Trinajstić information content (AvgIpc) is 2.54. The predicted octanol–water partition coefficient (Wildman–Crippen LogP) is 2.60. The fraction of sp³-hybridized carbons (Fsp3) is 0.600. The first-order valence-corrected chi connectivity index (χ1v) is 11.1. The predicted molar refractivity (Wildman–Crippen MR) is 102 cm³/mol. The van der Waals surface area contributed by atoms with E-state index in [2.05, 4.69) is 10.6 Å². The third-order valence-corrected chi connectivity index (χ3v) is 7.32. The maximum atomic E-state index is 12.9. The molecule has 5 rings (SSSR count). The van der Waals surface area contributed by atoms with Crippen LogP contribution >= 0.6 is 0 Å². The number of carbonyl (C=O) groups is 2. The highest BCUT2D eigenvalue weighted by Crippen LogP contribution is 2.55. The quantitative estimate of drug-likeness (QED) is 0.781. The minimum absolute atomic E-state index is 0.105. The lowest BCUT2D eigenvalue weighted by Gasteiger charge is -2.56. The Labute approximate surface area is 160 Å². The second-order valence-electron chi connectivity index (χ2n) is 8.53. The summed E-state index contributed by atoms with van der Waals surface area (Å²) in [5, 5.41) is 5.75. The van der Waals surface area contributed by atoms with Gasteiger partial charge in [-0.25, -0.2) is 4.39 Å². The lowest BCUT2D eigenvalue weighted by atomic mass is 9.53. The highest BCUT2D eigenvalue weighted by atomic mass is 32.2. The smallest absolute Gasteiger partial charge is 0.237 e. The SMILES string of the molecule is O=C(C[S@@](=O)CC(=O)NC12CC3CC(CC(C3)C1)C2)Nc1ccc(F)cc1. The van der Waals surface area contributed by atoms with E-state index in [0.717, 1.165) is 37.0 Å². The zero-order valence-electron chi connectivity index (χ0n) is 15.2. The molecule has 0 aliphatic heterocycles. The Hall–Kier alpha value is -1.76. The molecule has 0 spiro atoms. The number of benzene rings is 1. The zero-order chi connectivity index (χ0) is 19.0. The van der Waals surface area contributed by atoms with Crippen LogP contribution in [0.3, 0.4) is 0 Å². The molecule has 0 saturated heterocycles. The number of rotatable bonds is 6. The van der Waals surface area contributed by atoms with Crippen molar-refractivity contribution in [1.82, 2.24) is 5.32 Å². The van der Waals surface area contributed by atoms with Gasteiger partial charge >= 0.3 is 0 Å². The van der Waals surface area contributed by atoms with E-state index in [1.54, 1.807) is 0 Å². The summed E-state index contributed by atoms with van der Waals surface area (Å²) in [5.41, 5.74) is 0.336. The minimum Gasteiger partial charge on any atom is -0.350 e. The van der Waals surface area contributed by atoms with Crippen LogP contribution < -0.4 is 10.6 Å². The molecular weight excluding hydrogens is 367 g/mol. The van der Waals surface area contributed by atoms with Crippen molar-refractivity contribution >= 4 is 28.3 Å². The van der Waals surface area contributed by atoms with E-state index in [1.165, 1.54) is 43.5 Å². The van der Waals surface area contributed by atoms with Crippen molar-refractivity contribution in [3.8, 4) is 0 Å². The van der Waals surface area contributed by atoms with E-state index in [1.807, 2.05) is 0 Å². The topological polar surface area (TPSA) is 75.3 Å². The van der Waals surface area contributed by atoms with E-state index >= 15 is 0 Å². The Morgan fingerprint density at radius 3 is 2.04 bits per heavy atom. The van der Waals surface area contributed by atoms with Gasteiger partial charge in [-0.3, -0.25) is 13.8 Å². The van der Waals surface area contributed by atoms with Gasteiger partial charge in [-0.15, -0.1) is 0 Å². The van der Waals surface area contributed by atoms with Gasteiger partial charge in [-0.1, -0.05) is 0 Å². The number of amides is 2. The van der Waals surface area contributed by atoms with Gasteiger partial charge in [0, 0.05) is 22.0 Å². The molecule has 5 nitrogen and oxygen atoms in total. The van der Waals surface area contributed by atoms with Crippen LogP contribution in [0, 0.1) is 23.6 Å². The van der Waals surface area contributed by atoms with E-state index in [0.29, 0.717) is 5.69 Å². The molecule has 4 aliphatic carbocycles. The molecule has 1 atom stereocenters. The van der Waals surface area contributed by atoms with Crippen molar-refractivity contribution in [2.75, 3.05) is 16.8 Å². The Balaban J connectivity index is 1.26. The number of halogens is 1. The fourth-order valence-electron chi connectivity index (χ4n) is 5.67. The third-order valence-electron chi connectivity index (χ3n) is 6.15. The van der Waals surface area contributed by atoms with Crippen molar-refractivity contribution in [2.24, 2.45) is 17.8 Å². The van der Waals surface area contributed by atoms with Crippen LogP contribution in [0.1, 0.15) is 38.5 Å². The van der Waals surface area contributed by atoms with Gasteiger partial charge in [0.1, 0.15) is 17.3 Å². The standard InChI is InChI=1S/C20H25FN2O3S/c21-16-1-3-17(4-2-16)22-18(24)11-27(26)12-19(25)23-20-8-13-5-14(9-20)7-15(6-13)10-20/h1-4,13-15H,5-12H2,(H,22,24)(H,23,25)/t13?,14?,15?,20?,27-/m1/s1. The van der Waals surface area contributed by atoms with E-state index in [4.69, 9.17) is 0 Å². The third kappa shape index (κ3) is 4.39. The number of hydrogen-bond donors (Lipinski definition) is 2. The highest BCUT2D eigenvalue weighted by Gasteiger charge is 2.51. The van der Waals surface area contributed by atoms with E-state index < -0.39 is 22.5 Å². The van der Waals surface area contributed by atoms with Gasteiger partial charge in [0.15, 0.2) is 0 Å². The van der Waals surface area contributed by atoms with Crippen LogP contribution in [0.15, 0.2) is 24.3 Å². The Morgan fingerprint density at radius 1 is 0.963 bits per heavy atom. The van der Waals surface area contributed by atoms with Crippen molar-refractivity contribution < 1.29 is 18.2 Å². The zero-order valence-corrected chi connectivity index (χ0v) is 16.0. The van der Waals surface area contributed by atoms with Crippen molar-refractivity contribution in [3.63, 3.8) is 0 Å². The lowest BCUT2D eigenvalue weighted by molar-refractivity contribution is -0.124. The summed E-state index contributed by atoms with van der Waals surface area (Å²) < 4.78 is 25.1. The highest BCUT2D eigenvalue weighted by molar-refractivity contribution is 7.86. The van der Waals surface area contributed by atoms with Gasteiger partial charge in [0.2, 0.25) is 11.8 Å². The first-order chi connectivity index (χ1) is 12.9. The van der Waals surface area contributed by atoms with E-state index in [9.17, 15) is 18.2 Å².